The number of aromatic amines is 2. The second kappa shape index (κ2) is 21.2. The zero-order valence-corrected chi connectivity index (χ0v) is 40.7. The first kappa shape index (κ1) is 48.3. The lowest BCUT2D eigenvalue weighted by molar-refractivity contribution is -0.144. The molecule has 64 heavy (non-hydrogen) atoms. The average molecular weight is 873 g/mol. The maximum atomic E-state index is 13.7. The summed E-state index contributed by atoms with van der Waals surface area (Å²) in [6, 6.07) is -0.165. The van der Waals surface area contributed by atoms with Crippen molar-refractivity contribution in [2.75, 3.05) is 13.7 Å². The quantitative estimate of drug-likeness (QED) is 0.0702. The molecule has 4 aliphatic rings. The maximum Gasteiger partial charge on any atom is 0.321 e. The second-order valence-corrected chi connectivity index (χ2v) is 19.4. The fourth-order valence-corrected chi connectivity index (χ4v) is 10.2. The summed E-state index contributed by atoms with van der Waals surface area (Å²) < 4.78 is 11.2. The van der Waals surface area contributed by atoms with Gasteiger partial charge >= 0.3 is 11.9 Å². The van der Waals surface area contributed by atoms with E-state index in [0.29, 0.717) is 23.5 Å². The summed E-state index contributed by atoms with van der Waals surface area (Å²) in [5, 5.41) is 21.5. The van der Waals surface area contributed by atoms with Crippen molar-refractivity contribution in [2.24, 2.45) is 29.6 Å². The molecule has 8 bridgehead atoms. The number of rotatable bonds is 19. The molecule has 0 saturated carbocycles. The average Bonchev–Trinajstić information content (AvgIpc) is 3.99. The van der Waals surface area contributed by atoms with Crippen LogP contribution in [0.15, 0.2) is 69.4 Å². The third-order valence-electron chi connectivity index (χ3n) is 14.3. The fraction of sp³-hybridized carbons (Fsp3) is 0.527. The minimum atomic E-state index is -1.02. The Balaban J connectivity index is 1.22. The summed E-state index contributed by atoms with van der Waals surface area (Å²) in [6.07, 6.45) is 23.8. The van der Waals surface area contributed by atoms with Crippen LogP contribution < -0.4 is 21.3 Å². The van der Waals surface area contributed by atoms with Gasteiger partial charge in [-0.2, -0.15) is 0 Å². The van der Waals surface area contributed by atoms with Crippen LogP contribution in [0.5, 0.6) is 0 Å². The van der Waals surface area contributed by atoms with Crippen molar-refractivity contribution in [2.45, 2.75) is 146 Å². The Bertz CT molecular complexity index is 2430. The van der Waals surface area contributed by atoms with Crippen LogP contribution in [0.2, 0.25) is 0 Å². The lowest BCUT2D eigenvalue weighted by Crippen LogP contribution is -2.30. The number of carbonyl (C=O) groups is 2. The van der Waals surface area contributed by atoms with E-state index in [9.17, 15) is 14.7 Å². The van der Waals surface area contributed by atoms with E-state index in [1.54, 1.807) is 0 Å². The zero-order chi connectivity index (χ0) is 46.4. The molecule has 5 N–H and O–H groups in total. The molecule has 2 aromatic rings. The van der Waals surface area contributed by atoms with Crippen LogP contribution in [0.3, 0.4) is 0 Å². The van der Waals surface area contributed by atoms with Crippen LogP contribution >= 0.6 is 0 Å². The molecule has 9 heteroatoms. The third kappa shape index (κ3) is 10.5. The van der Waals surface area contributed by atoms with E-state index < -0.39 is 11.9 Å². The molecule has 9 nitrogen and oxygen atoms in total. The summed E-state index contributed by atoms with van der Waals surface area (Å²) in [4.78, 5) is 34.5. The number of nitrogens with one attached hydrogen (secondary N) is 4. The summed E-state index contributed by atoms with van der Waals surface area (Å²) in [5.41, 5.74) is 13.9. The van der Waals surface area contributed by atoms with E-state index in [4.69, 9.17) is 9.47 Å². The highest BCUT2D eigenvalue weighted by Gasteiger charge is 2.49. The molecule has 2 unspecified atom stereocenters. The van der Waals surface area contributed by atoms with E-state index in [1.165, 1.54) is 61.5 Å². The van der Waals surface area contributed by atoms with E-state index in [2.05, 4.69) is 121 Å². The van der Waals surface area contributed by atoms with Crippen molar-refractivity contribution < 1.29 is 24.2 Å². The third-order valence-corrected chi connectivity index (χ3v) is 14.3. The van der Waals surface area contributed by atoms with Crippen LogP contribution in [0.25, 0.3) is 24.3 Å². The summed E-state index contributed by atoms with van der Waals surface area (Å²) in [7, 11) is 1.36. The molecule has 0 radical (unpaired) electrons. The van der Waals surface area contributed by atoms with Gasteiger partial charge in [-0.05, 0) is 137 Å². The van der Waals surface area contributed by atoms with Gasteiger partial charge in [-0.3, -0.25) is 9.59 Å². The molecule has 3 aliphatic heterocycles. The number of hydrogen-bond acceptors (Lipinski definition) is 7. The molecule has 346 valence electrons. The number of aliphatic hydroxyl groups is 1. The van der Waals surface area contributed by atoms with Crippen molar-refractivity contribution >= 4 is 36.2 Å². The summed E-state index contributed by atoms with van der Waals surface area (Å²) in [6.45, 7) is 26.4. The van der Waals surface area contributed by atoms with Gasteiger partial charge in [0.25, 0.3) is 0 Å². The number of aromatic nitrogens is 2. The normalized spacial score (nSPS) is 23.0. The number of hydrogen-bond donors (Lipinski definition) is 5. The molecule has 5 atom stereocenters. The molecule has 1 saturated heterocycles. The first-order valence-corrected chi connectivity index (χ1v) is 24.0. The van der Waals surface area contributed by atoms with Gasteiger partial charge in [-0.15, -0.1) is 0 Å². The van der Waals surface area contributed by atoms with E-state index >= 15 is 0 Å². The van der Waals surface area contributed by atoms with Crippen molar-refractivity contribution in [3.05, 3.63) is 114 Å². The number of carbonyl (C=O) groups excluding carboxylic acids is 2. The SMILES string of the molecule is C=Cc1c2[nH]c(c1C)/C=C1\NC(=C(CCC(=O)OC/C=C(\C)CCC[C@H](C)CC/C=C(\C)CCCC(C)C)[C@@H]1C)C1=C3NC(/C=c4\[nH]/c(c(C)c4CC)=C\2)C(C)C3=C(O)[C@@H]1C(=O)OC. The number of allylic oxidation sites excluding steroid dienone is 6. The largest absolute Gasteiger partial charge is 0.511 e. The minimum Gasteiger partial charge on any atom is -0.511 e. The van der Waals surface area contributed by atoms with Gasteiger partial charge < -0.3 is 35.2 Å². The number of fused-ring (bicyclic) bond motifs is 8. The van der Waals surface area contributed by atoms with Crippen LogP contribution in [0, 0.1) is 43.4 Å². The Hall–Kier alpha value is -5.18. The Labute approximate surface area is 382 Å². The Morgan fingerprint density at radius 1 is 0.891 bits per heavy atom. The van der Waals surface area contributed by atoms with Gasteiger partial charge in [0.15, 0.2) is 0 Å². The number of esters is 2. The topological polar surface area (TPSA) is 128 Å². The zero-order valence-electron chi connectivity index (χ0n) is 40.7. The smallest absolute Gasteiger partial charge is 0.321 e. The van der Waals surface area contributed by atoms with Crippen molar-refractivity contribution in [1.29, 1.82) is 0 Å². The van der Waals surface area contributed by atoms with Crippen molar-refractivity contribution in [3.63, 3.8) is 0 Å². The number of methoxy groups -OCH3 is 1. The number of aliphatic hydroxyl groups excluding tert-OH is 1. The second-order valence-electron chi connectivity index (χ2n) is 19.4. The van der Waals surface area contributed by atoms with Crippen LogP contribution in [0.1, 0.15) is 153 Å². The highest BCUT2D eigenvalue weighted by molar-refractivity contribution is 5.85. The van der Waals surface area contributed by atoms with Gasteiger partial charge in [0.05, 0.1) is 13.2 Å². The summed E-state index contributed by atoms with van der Waals surface area (Å²) >= 11 is 0. The predicted molar refractivity (Wildman–Crippen MR) is 262 cm³/mol. The van der Waals surface area contributed by atoms with E-state index in [1.807, 2.05) is 12.2 Å². The van der Waals surface area contributed by atoms with Crippen LogP contribution in [-0.2, 0) is 25.5 Å². The maximum absolute atomic E-state index is 13.7. The lowest BCUT2D eigenvalue weighted by atomic mass is 9.90. The Kier molecular flexibility index (Phi) is 16.0. The number of ether oxygens (including phenoxy) is 2. The molecule has 6 rings (SSSR count). The molecule has 5 heterocycles. The van der Waals surface area contributed by atoms with Gasteiger partial charge in [-0.1, -0.05) is 84.3 Å². The highest BCUT2D eigenvalue weighted by atomic mass is 16.5. The number of H-pyrrole nitrogens is 2. The Morgan fingerprint density at radius 2 is 1.61 bits per heavy atom. The molecule has 1 aliphatic carbocycles. The Morgan fingerprint density at radius 3 is 2.30 bits per heavy atom. The van der Waals surface area contributed by atoms with Gasteiger partial charge in [0.2, 0.25) is 0 Å². The summed E-state index contributed by atoms with van der Waals surface area (Å²) in [5.74, 6) is -0.661. The van der Waals surface area contributed by atoms with Gasteiger partial charge in [0, 0.05) is 74.1 Å². The minimum absolute atomic E-state index is 0.00615. The lowest BCUT2D eigenvalue weighted by Gasteiger charge is -2.20. The van der Waals surface area contributed by atoms with Crippen molar-refractivity contribution in [3.8, 4) is 0 Å². The molecular weight excluding hydrogens is 797 g/mol. The van der Waals surface area contributed by atoms with Crippen LogP contribution in [-0.4, -0.2) is 46.8 Å². The molecule has 1 fully saturated rings. The first-order chi connectivity index (χ1) is 30.6. The van der Waals surface area contributed by atoms with Gasteiger partial charge in [-0.25, -0.2) is 0 Å². The highest BCUT2D eigenvalue weighted by Crippen LogP contribution is 2.50. The predicted octanol–water partition coefficient (Wildman–Crippen LogP) is 10.7. The monoisotopic (exact) mass is 873 g/mol. The van der Waals surface area contributed by atoms with Gasteiger partial charge in [0.1, 0.15) is 18.3 Å². The van der Waals surface area contributed by atoms with E-state index in [-0.39, 0.29) is 42.6 Å². The van der Waals surface area contributed by atoms with Crippen LogP contribution in [0.4, 0.5) is 0 Å². The molecule has 0 amide bonds. The standard InChI is InChI=1S/C55H76N4O5/c1-13-39-35(8)42-28-44-37(10)41(24-25-48(60)64-27-26-34(7)23-17-22-33(6)21-16-20-32(5)19-15-18-31(3)4)52(58-44)50-51(55(62)63-12)54(61)49-38(11)45(59-53(49)50)30-47-40(14-2)36(9)43(57-47)29-46(39)56-42/h13,20,26,28-31,33,37-38,45,51,56-59,61H,1,14-19,21-25,27H2,2-12H3/b32-20+,34-26+,43-29-,44-28-,47-30-/t33-,37+,38?,45?,51-/m1/s1. The molecular formula is C55H76N4O5. The molecule has 2 aromatic heterocycles. The first-order valence-electron chi connectivity index (χ1n) is 24.0. The molecule has 0 aromatic carbocycles. The van der Waals surface area contributed by atoms with Crippen molar-refractivity contribution in [1.82, 2.24) is 20.6 Å². The van der Waals surface area contributed by atoms with E-state index in [0.717, 1.165) is 87.5 Å². The fourth-order valence-electron chi connectivity index (χ4n) is 10.2. The molecule has 0 spiro atoms.